The predicted molar refractivity (Wildman–Crippen MR) is 51.5 cm³/mol. The second-order valence-electron chi connectivity index (χ2n) is 4.41. The highest BCUT2D eigenvalue weighted by Gasteiger charge is 2.28. The number of hydrogen-bond donors (Lipinski definition) is 1. The van der Waals surface area contributed by atoms with E-state index in [0.29, 0.717) is 13.2 Å². The van der Waals surface area contributed by atoms with Gasteiger partial charge in [0.1, 0.15) is 5.60 Å². The number of hydrogen-bond acceptors (Lipinski definition) is 4. The average Bonchev–Trinajstić information content (AvgIpc) is 2.51. The van der Waals surface area contributed by atoms with Crippen molar-refractivity contribution in [3.8, 4) is 0 Å². The Balaban J connectivity index is 2.43. The van der Waals surface area contributed by atoms with Crippen LogP contribution >= 0.6 is 0 Å². The van der Waals surface area contributed by atoms with Crippen LogP contribution in [0.5, 0.6) is 0 Å². The van der Waals surface area contributed by atoms with Gasteiger partial charge in [0.15, 0.2) is 0 Å². The van der Waals surface area contributed by atoms with E-state index in [2.05, 4.69) is 0 Å². The van der Waals surface area contributed by atoms with E-state index in [1.54, 1.807) is 0 Å². The van der Waals surface area contributed by atoms with Gasteiger partial charge in [-0.05, 0) is 27.2 Å². The monoisotopic (exact) mass is 202 g/mol. The molecule has 0 aliphatic carbocycles. The van der Waals surface area contributed by atoms with Gasteiger partial charge in [-0.3, -0.25) is 0 Å². The van der Waals surface area contributed by atoms with Crippen molar-refractivity contribution in [2.45, 2.75) is 38.8 Å². The summed E-state index contributed by atoms with van der Waals surface area (Å²) in [7, 11) is 0. The maximum Gasteiger partial charge on any atom is 0.424 e. The van der Waals surface area contributed by atoms with Crippen LogP contribution in [0.1, 0.15) is 27.2 Å². The van der Waals surface area contributed by atoms with Crippen molar-refractivity contribution in [3.63, 3.8) is 0 Å². The molecule has 5 nitrogen and oxygen atoms in total. The fourth-order valence-corrected chi connectivity index (χ4v) is 1.21. The van der Waals surface area contributed by atoms with Crippen molar-refractivity contribution in [1.82, 2.24) is 5.01 Å². The Hall–Kier alpha value is -0.810. The highest BCUT2D eigenvalue weighted by atomic mass is 16.6. The quantitative estimate of drug-likeness (QED) is 0.389. The number of hydrazine groups is 1. The third-order valence-electron chi connectivity index (χ3n) is 1.90. The number of amides is 1. The molecule has 1 heterocycles. The first-order valence-corrected chi connectivity index (χ1v) is 4.75. The highest BCUT2D eigenvalue weighted by molar-refractivity contribution is 5.67. The zero-order valence-corrected chi connectivity index (χ0v) is 8.95. The number of nitrogens with two attached hydrogens (primary N) is 1. The van der Waals surface area contributed by atoms with Crippen molar-refractivity contribution in [3.05, 3.63) is 0 Å². The standard InChI is InChI=1S/C9H18N2O3/c1-9(2,3)14-8(12)11(10)7-4-5-13-6-7/h7H,4-6,10H2,1-3H3/t7-/m1/s1. The first-order valence-electron chi connectivity index (χ1n) is 4.75. The maximum absolute atomic E-state index is 11.5. The Labute approximate surface area is 84.1 Å². The molecule has 1 saturated heterocycles. The van der Waals surface area contributed by atoms with E-state index >= 15 is 0 Å². The van der Waals surface area contributed by atoms with E-state index < -0.39 is 11.7 Å². The Morgan fingerprint density at radius 3 is 2.64 bits per heavy atom. The third kappa shape index (κ3) is 3.16. The smallest absolute Gasteiger partial charge is 0.424 e. The SMILES string of the molecule is CC(C)(C)OC(=O)N(N)[C@@H]1CCOC1. The molecule has 0 radical (unpaired) electrons. The summed E-state index contributed by atoms with van der Waals surface area (Å²) in [5, 5.41) is 1.12. The Kier molecular flexibility index (Phi) is 3.34. The molecule has 1 aliphatic rings. The van der Waals surface area contributed by atoms with Crippen LogP contribution in [0.4, 0.5) is 4.79 Å². The normalized spacial score (nSPS) is 22.1. The van der Waals surface area contributed by atoms with Crippen LogP contribution in [0.15, 0.2) is 0 Å². The largest absolute Gasteiger partial charge is 0.443 e. The van der Waals surface area contributed by atoms with E-state index in [1.807, 2.05) is 20.8 Å². The second-order valence-corrected chi connectivity index (χ2v) is 4.41. The molecule has 82 valence electrons. The molecule has 1 aliphatic heterocycles. The van der Waals surface area contributed by atoms with Crippen LogP contribution in [0, 0.1) is 0 Å². The van der Waals surface area contributed by atoms with Crippen LogP contribution in [0.3, 0.4) is 0 Å². The molecule has 0 spiro atoms. The molecule has 1 amide bonds. The molecule has 0 saturated carbocycles. The molecule has 1 rings (SSSR count). The molecule has 5 heteroatoms. The molecule has 2 N–H and O–H groups in total. The number of ether oxygens (including phenoxy) is 2. The Bertz CT molecular complexity index is 207. The van der Waals surface area contributed by atoms with Crippen molar-refractivity contribution in [1.29, 1.82) is 0 Å². The summed E-state index contributed by atoms with van der Waals surface area (Å²) < 4.78 is 10.2. The lowest BCUT2D eigenvalue weighted by atomic mass is 10.2. The molecular weight excluding hydrogens is 184 g/mol. The fraction of sp³-hybridized carbons (Fsp3) is 0.889. The number of rotatable bonds is 1. The molecule has 1 atom stereocenters. The van der Waals surface area contributed by atoms with Gasteiger partial charge >= 0.3 is 6.09 Å². The highest BCUT2D eigenvalue weighted by Crippen LogP contribution is 2.13. The molecule has 0 aromatic rings. The molecule has 0 aromatic carbocycles. The summed E-state index contributed by atoms with van der Waals surface area (Å²) in [6.45, 7) is 6.58. The van der Waals surface area contributed by atoms with Gasteiger partial charge in [-0.1, -0.05) is 0 Å². The predicted octanol–water partition coefficient (Wildman–Crippen LogP) is 0.886. The van der Waals surface area contributed by atoms with Gasteiger partial charge in [-0.25, -0.2) is 15.6 Å². The van der Waals surface area contributed by atoms with E-state index in [-0.39, 0.29) is 6.04 Å². The number of nitrogens with zero attached hydrogens (tertiary/aromatic N) is 1. The van der Waals surface area contributed by atoms with E-state index in [1.165, 1.54) is 0 Å². The first-order chi connectivity index (χ1) is 6.40. The van der Waals surface area contributed by atoms with Gasteiger partial charge < -0.3 is 9.47 Å². The Morgan fingerprint density at radius 1 is 1.57 bits per heavy atom. The third-order valence-corrected chi connectivity index (χ3v) is 1.90. The summed E-state index contributed by atoms with van der Waals surface area (Å²) >= 11 is 0. The Morgan fingerprint density at radius 2 is 2.21 bits per heavy atom. The molecule has 1 fully saturated rings. The van der Waals surface area contributed by atoms with Crippen LogP contribution in [-0.4, -0.2) is 36.0 Å². The topological polar surface area (TPSA) is 64.8 Å². The van der Waals surface area contributed by atoms with Crippen molar-refractivity contribution in [2.75, 3.05) is 13.2 Å². The molecular formula is C9H18N2O3. The zero-order chi connectivity index (χ0) is 10.8. The maximum atomic E-state index is 11.5. The van der Waals surface area contributed by atoms with Crippen LogP contribution < -0.4 is 5.84 Å². The van der Waals surface area contributed by atoms with Gasteiger partial charge in [-0.15, -0.1) is 0 Å². The van der Waals surface area contributed by atoms with E-state index in [9.17, 15) is 4.79 Å². The fourth-order valence-electron chi connectivity index (χ4n) is 1.21. The molecule has 14 heavy (non-hydrogen) atoms. The molecule has 0 aromatic heterocycles. The lowest BCUT2D eigenvalue weighted by Crippen LogP contribution is -2.48. The molecule has 0 unspecified atom stereocenters. The summed E-state index contributed by atoms with van der Waals surface area (Å²) in [5.41, 5.74) is -0.506. The molecule has 0 bridgehead atoms. The van der Waals surface area contributed by atoms with Gasteiger partial charge in [0.2, 0.25) is 0 Å². The van der Waals surface area contributed by atoms with Gasteiger partial charge in [0.25, 0.3) is 0 Å². The number of carbonyl (C=O) groups excluding carboxylic acids is 1. The lowest BCUT2D eigenvalue weighted by molar-refractivity contribution is 0.0144. The summed E-state index contributed by atoms with van der Waals surface area (Å²) in [4.78, 5) is 11.5. The first kappa shape index (κ1) is 11.3. The van der Waals surface area contributed by atoms with Crippen molar-refractivity contribution < 1.29 is 14.3 Å². The zero-order valence-electron chi connectivity index (χ0n) is 8.95. The van der Waals surface area contributed by atoms with Crippen LogP contribution in [-0.2, 0) is 9.47 Å². The minimum atomic E-state index is -0.506. The summed E-state index contributed by atoms with van der Waals surface area (Å²) in [6.07, 6.45) is 0.281. The second kappa shape index (κ2) is 4.14. The minimum Gasteiger partial charge on any atom is -0.443 e. The van der Waals surface area contributed by atoms with Gasteiger partial charge in [-0.2, -0.15) is 0 Å². The summed E-state index contributed by atoms with van der Waals surface area (Å²) in [6, 6.07) is -0.0511. The van der Waals surface area contributed by atoms with Gasteiger partial charge in [0, 0.05) is 6.61 Å². The van der Waals surface area contributed by atoms with Gasteiger partial charge in [0.05, 0.1) is 12.6 Å². The lowest BCUT2D eigenvalue weighted by Gasteiger charge is -2.27. The van der Waals surface area contributed by atoms with Crippen LogP contribution in [0.2, 0.25) is 0 Å². The van der Waals surface area contributed by atoms with Crippen LogP contribution in [0.25, 0.3) is 0 Å². The van der Waals surface area contributed by atoms with E-state index in [0.717, 1.165) is 11.4 Å². The summed E-state index contributed by atoms with van der Waals surface area (Å²) in [5.74, 6) is 5.61. The van der Waals surface area contributed by atoms with Crippen molar-refractivity contribution >= 4 is 6.09 Å². The number of carbonyl (C=O) groups is 1. The minimum absolute atomic E-state index is 0.0511. The average molecular weight is 202 g/mol. The van der Waals surface area contributed by atoms with E-state index in [4.69, 9.17) is 15.3 Å². The van der Waals surface area contributed by atoms with Crippen molar-refractivity contribution in [2.24, 2.45) is 5.84 Å².